The Balaban J connectivity index is 1.63. The van der Waals surface area contributed by atoms with E-state index in [4.69, 9.17) is 0 Å². The Labute approximate surface area is 145 Å². The maximum atomic E-state index is 12.2. The highest BCUT2D eigenvalue weighted by atomic mass is 32.1. The van der Waals surface area contributed by atoms with E-state index in [9.17, 15) is 4.79 Å². The van der Waals surface area contributed by atoms with E-state index >= 15 is 0 Å². The van der Waals surface area contributed by atoms with Crippen molar-refractivity contribution in [1.29, 1.82) is 0 Å². The molecule has 0 unspecified atom stereocenters. The van der Waals surface area contributed by atoms with Crippen LogP contribution in [0.25, 0.3) is 11.8 Å². The zero-order valence-corrected chi connectivity index (χ0v) is 14.5. The number of benzene rings is 1. The van der Waals surface area contributed by atoms with Gasteiger partial charge in [0.2, 0.25) is 5.91 Å². The molecule has 3 rings (SSSR count). The van der Waals surface area contributed by atoms with Crippen LogP contribution in [0.15, 0.2) is 60.2 Å². The van der Waals surface area contributed by atoms with E-state index in [0.29, 0.717) is 6.54 Å². The molecule has 4 nitrogen and oxygen atoms in total. The molecule has 0 saturated carbocycles. The molecule has 0 aliphatic rings. The molecule has 0 bridgehead atoms. The largest absolute Gasteiger partial charge is 0.338 e. The Bertz CT molecular complexity index is 848. The van der Waals surface area contributed by atoms with E-state index in [1.54, 1.807) is 35.6 Å². The quantitative estimate of drug-likeness (QED) is 0.662. The standard InChI is InChI=1S/C19H19N3OS/c1-15-10-11-24-18(15)8-9-19(23)21(2)13-16-12-20-22(14-16)17-6-4-3-5-7-17/h3-12,14H,13H2,1-2H3. The van der Waals surface area contributed by atoms with Gasteiger partial charge < -0.3 is 4.90 Å². The third kappa shape index (κ3) is 3.81. The Kier molecular flexibility index (Phi) is 4.91. The van der Waals surface area contributed by atoms with Crippen LogP contribution < -0.4 is 0 Å². The Morgan fingerprint density at radius 1 is 1.29 bits per heavy atom. The van der Waals surface area contributed by atoms with Crippen LogP contribution in [0.3, 0.4) is 0 Å². The maximum Gasteiger partial charge on any atom is 0.246 e. The van der Waals surface area contributed by atoms with Gasteiger partial charge in [-0.05, 0) is 42.1 Å². The Morgan fingerprint density at radius 2 is 2.08 bits per heavy atom. The molecule has 122 valence electrons. The lowest BCUT2D eigenvalue weighted by molar-refractivity contribution is -0.125. The summed E-state index contributed by atoms with van der Waals surface area (Å²) in [6.07, 6.45) is 7.25. The lowest BCUT2D eigenvalue weighted by Gasteiger charge is -2.13. The van der Waals surface area contributed by atoms with Crippen molar-refractivity contribution in [2.75, 3.05) is 7.05 Å². The zero-order chi connectivity index (χ0) is 16.9. The van der Waals surface area contributed by atoms with Crippen molar-refractivity contribution >= 4 is 23.3 Å². The average molecular weight is 337 g/mol. The number of likely N-dealkylation sites (N-methyl/N-ethyl adjacent to an activating group) is 1. The number of para-hydroxylation sites is 1. The lowest BCUT2D eigenvalue weighted by Crippen LogP contribution is -2.23. The molecule has 0 radical (unpaired) electrons. The molecule has 2 heterocycles. The molecular weight excluding hydrogens is 318 g/mol. The molecule has 3 aromatic rings. The van der Waals surface area contributed by atoms with Crippen LogP contribution in [-0.2, 0) is 11.3 Å². The van der Waals surface area contributed by atoms with E-state index in [0.717, 1.165) is 16.1 Å². The topological polar surface area (TPSA) is 38.1 Å². The van der Waals surface area contributed by atoms with Gasteiger partial charge in [-0.15, -0.1) is 11.3 Å². The summed E-state index contributed by atoms with van der Waals surface area (Å²) in [5, 5.41) is 6.39. The van der Waals surface area contributed by atoms with E-state index < -0.39 is 0 Å². The summed E-state index contributed by atoms with van der Waals surface area (Å²) in [5.74, 6) is -0.0183. The monoisotopic (exact) mass is 337 g/mol. The van der Waals surface area contributed by atoms with Crippen LogP contribution in [-0.4, -0.2) is 27.6 Å². The second-order valence-electron chi connectivity index (χ2n) is 5.62. The summed E-state index contributed by atoms with van der Waals surface area (Å²) < 4.78 is 1.82. The van der Waals surface area contributed by atoms with Crippen LogP contribution in [0.5, 0.6) is 0 Å². The molecule has 0 fully saturated rings. The predicted molar refractivity (Wildman–Crippen MR) is 98.1 cm³/mol. The van der Waals surface area contributed by atoms with E-state index in [-0.39, 0.29) is 5.91 Å². The van der Waals surface area contributed by atoms with Gasteiger partial charge in [-0.25, -0.2) is 4.68 Å². The first-order chi connectivity index (χ1) is 11.6. The highest BCUT2D eigenvalue weighted by Crippen LogP contribution is 2.17. The molecule has 0 N–H and O–H groups in total. The molecular formula is C19H19N3OS. The van der Waals surface area contributed by atoms with Crippen molar-refractivity contribution in [2.24, 2.45) is 0 Å². The SMILES string of the molecule is Cc1ccsc1C=CC(=O)N(C)Cc1cnn(-c2ccccc2)c1. The summed E-state index contributed by atoms with van der Waals surface area (Å²) in [6.45, 7) is 2.57. The molecule has 1 amide bonds. The number of rotatable bonds is 5. The highest BCUT2D eigenvalue weighted by Gasteiger charge is 2.08. The Morgan fingerprint density at radius 3 is 2.79 bits per heavy atom. The molecule has 0 spiro atoms. The van der Waals surface area contributed by atoms with Crippen LogP contribution in [0, 0.1) is 6.92 Å². The molecule has 1 aromatic carbocycles. The van der Waals surface area contributed by atoms with Crippen molar-refractivity contribution < 1.29 is 4.79 Å². The number of carbonyl (C=O) groups excluding carboxylic acids is 1. The summed E-state index contributed by atoms with van der Waals surface area (Å²) in [6, 6.07) is 12.0. The summed E-state index contributed by atoms with van der Waals surface area (Å²) in [5.41, 5.74) is 3.19. The van der Waals surface area contributed by atoms with Crippen molar-refractivity contribution in [3.05, 3.63) is 76.3 Å². The van der Waals surface area contributed by atoms with Crippen LogP contribution in [0.2, 0.25) is 0 Å². The van der Waals surface area contributed by atoms with E-state index in [1.165, 1.54) is 5.56 Å². The number of amides is 1. The maximum absolute atomic E-state index is 12.2. The number of aromatic nitrogens is 2. The third-order valence-corrected chi connectivity index (χ3v) is 4.72. The summed E-state index contributed by atoms with van der Waals surface area (Å²) in [4.78, 5) is 15.1. The van der Waals surface area contributed by atoms with Crippen molar-refractivity contribution in [2.45, 2.75) is 13.5 Å². The number of carbonyl (C=O) groups is 1. The fourth-order valence-electron chi connectivity index (χ4n) is 2.34. The van der Waals surface area contributed by atoms with Gasteiger partial charge in [-0.2, -0.15) is 5.10 Å². The summed E-state index contributed by atoms with van der Waals surface area (Å²) in [7, 11) is 1.80. The van der Waals surface area contributed by atoms with Crippen LogP contribution >= 0.6 is 11.3 Å². The van der Waals surface area contributed by atoms with Gasteiger partial charge in [0.25, 0.3) is 0 Å². The first-order valence-corrected chi connectivity index (χ1v) is 8.57. The number of aryl methyl sites for hydroxylation is 1. The van der Waals surface area contributed by atoms with Gasteiger partial charge in [0.1, 0.15) is 0 Å². The van der Waals surface area contributed by atoms with Gasteiger partial charge in [0.05, 0.1) is 11.9 Å². The number of hydrogen-bond donors (Lipinski definition) is 0. The third-order valence-electron chi connectivity index (χ3n) is 3.73. The number of thiophene rings is 1. The first kappa shape index (κ1) is 16.2. The van der Waals surface area contributed by atoms with E-state index in [1.807, 2.05) is 59.6 Å². The number of hydrogen-bond acceptors (Lipinski definition) is 3. The zero-order valence-electron chi connectivity index (χ0n) is 13.7. The minimum atomic E-state index is -0.0183. The first-order valence-electron chi connectivity index (χ1n) is 7.70. The summed E-state index contributed by atoms with van der Waals surface area (Å²) >= 11 is 1.64. The fraction of sp³-hybridized carbons (Fsp3) is 0.158. The van der Waals surface area contributed by atoms with E-state index in [2.05, 4.69) is 11.2 Å². The molecule has 0 saturated heterocycles. The second kappa shape index (κ2) is 7.27. The molecule has 5 heteroatoms. The van der Waals surface area contributed by atoms with Gasteiger partial charge >= 0.3 is 0 Å². The second-order valence-corrected chi connectivity index (χ2v) is 6.57. The molecule has 0 aliphatic heterocycles. The van der Waals surface area contributed by atoms with Crippen molar-refractivity contribution in [3.8, 4) is 5.69 Å². The minimum absolute atomic E-state index is 0.0183. The number of nitrogens with zero attached hydrogens (tertiary/aromatic N) is 3. The molecule has 0 aliphatic carbocycles. The molecule has 24 heavy (non-hydrogen) atoms. The van der Waals surface area contributed by atoms with Crippen molar-refractivity contribution in [1.82, 2.24) is 14.7 Å². The average Bonchev–Trinajstić information content (AvgIpc) is 3.22. The van der Waals surface area contributed by atoms with Gasteiger partial charge in [0.15, 0.2) is 0 Å². The van der Waals surface area contributed by atoms with Gasteiger partial charge in [-0.3, -0.25) is 4.79 Å². The highest BCUT2D eigenvalue weighted by molar-refractivity contribution is 7.11. The molecule has 2 aromatic heterocycles. The van der Waals surface area contributed by atoms with Crippen LogP contribution in [0.1, 0.15) is 16.0 Å². The van der Waals surface area contributed by atoms with Gasteiger partial charge in [0, 0.05) is 36.3 Å². The van der Waals surface area contributed by atoms with Crippen molar-refractivity contribution in [3.63, 3.8) is 0 Å². The van der Waals surface area contributed by atoms with Crippen LogP contribution in [0.4, 0.5) is 0 Å². The smallest absolute Gasteiger partial charge is 0.246 e. The predicted octanol–water partition coefficient (Wildman–Crippen LogP) is 3.91. The Hall–Kier alpha value is -2.66. The fourth-order valence-corrected chi connectivity index (χ4v) is 3.16. The molecule has 0 atom stereocenters. The minimum Gasteiger partial charge on any atom is -0.338 e. The lowest BCUT2D eigenvalue weighted by atomic mass is 10.2. The van der Waals surface area contributed by atoms with Gasteiger partial charge in [-0.1, -0.05) is 18.2 Å². The normalized spacial score (nSPS) is 11.1.